The Morgan fingerprint density at radius 1 is 1.08 bits per heavy atom. The van der Waals surface area contributed by atoms with E-state index in [0.717, 1.165) is 5.69 Å². The van der Waals surface area contributed by atoms with Gasteiger partial charge in [-0.25, -0.2) is 13.8 Å². The molecule has 0 bridgehead atoms. The molecule has 0 atom stereocenters. The molecule has 26 heavy (non-hydrogen) atoms. The summed E-state index contributed by atoms with van der Waals surface area (Å²) in [5, 5.41) is 0. The maximum absolute atomic E-state index is 14.0. The van der Waals surface area contributed by atoms with Gasteiger partial charge < -0.3 is 4.98 Å². The minimum atomic E-state index is -0.484. The average molecular weight is 355 g/mol. The van der Waals surface area contributed by atoms with Crippen molar-refractivity contribution in [3.63, 3.8) is 0 Å². The number of hydrogen-bond acceptors (Lipinski definition) is 3. The van der Waals surface area contributed by atoms with E-state index in [1.165, 1.54) is 18.2 Å². The number of halogens is 2. The van der Waals surface area contributed by atoms with Crippen LogP contribution in [-0.4, -0.2) is 15.0 Å². The number of aromatic amines is 1. The van der Waals surface area contributed by atoms with Gasteiger partial charge in [0.25, 0.3) is 5.56 Å². The number of nitrogens with one attached hydrogen (secondary N) is 1. The Labute approximate surface area is 149 Å². The fourth-order valence-electron chi connectivity index (χ4n) is 3.97. The van der Waals surface area contributed by atoms with Crippen LogP contribution in [0.2, 0.25) is 0 Å². The Bertz CT molecular complexity index is 1000. The second-order valence-electron chi connectivity index (χ2n) is 6.98. The maximum Gasteiger partial charge on any atom is 0.253 e. The van der Waals surface area contributed by atoms with E-state index < -0.39 is 11.6 Å². The second-order valence-corrected chi connectivity index (χ2v) is 6.98. The lowest BCUT2D eigenvalue weighted by molar-refractivity contribution is 0.375. The molecule has 1 fully saturated rings. The van der Waals surface area contributed by atoms with Crippen molar-refractivity contribution in [1.29, 1.82) is 0 Å². The highest BCUT2D eigenvalue weighted by Crippen LogP contribution is 2.41. The van der Waals surface area contributed by atoms with Crippen LogP contribution >= 0.6 is 0 Å². The Balaban J connectivity index is 1.58. The molecular weight excluding hydrogens is 336 g/mol. The van der Waals surface area contributed by atoms with Crippen LogP contribution in [0.4, 0.5) is 8.78 Å². The summed E-state index contributed by atoms with van der Waals surface area (Å²) < 4.78 is 28.0. The smallest absolute Gasteiger partial charge is 0.253 e. The van der Waals surface area contributed by atoms with E-state index >= 15 is 0 Å². The van der Waals surface area contributed by atoms with Gasteiger partial charge in [-0.2, -0.15) is 0 Å². The normalized spacial score (nSPS) is 20.4. The number of benzene rings is 1. The van der Waals surface area contributed by atoms with E-state index in [-0.39, 0.29) is 23.0 Å². The number of fused-ring (bicyclic) bond motifs is 1. The number of hydrogen-bond donors (Lipinski definition) is 1. The van der Waals surface area contributed by atoms with Crippen LogP contribution in [0.1, 0.15) is 54.3 Å². The van der Waals surface area contributed by atoms with Gasteiger partial charge in [0.1, 0.15) is 17.2 Å². The van der Waals surface area contributed by atoms with Gasteiger partial charge in [-0.15, -0.1) is 0 Å². The first kappa shape index (κ1) is 16.8. The fourth-order valence-corrected chi connectivity index (χ4v) is 3.97. The zero-order valence-corrected chi connectivity index (χ0v) is 14.4. The highest BCUT2D eigenvalue weighted by atomic mass is 19.1. The monoisotopic (exact) mass is 355 g/mol. The van der Waals surface area contributed by atoms with Crippen molar-refractivity contribution < 1.29 is 8.78 Å². The van der Waals surface area contributed by atoms with Crippen LogP contribution in [-0.2, 0) is 0 Å². The molecule has 0 saturated heterocycles. The molecule has 2 heterocycles. The van der Waals surface area contributed by atoms with Gasteiger partial charge in [-0.05, 0) is 62.6 Å². The second kappa shape index (κ2) is 6.59. The maximum atomic E-state index is 14.0. The van der Waals surface area contributed by atoms with Crippen molar-refractivity contribution in [2.75, 3.05) is 0 Å². The Morgan fingerprint density at radius 3 is 2.42 bits per heavy atom. The number of pyridine rings is 1. The van der Waals surface area contributed by atoms with Crippen molar-refractivity contribution in [3.8, 4) is 0 Å². The summed E-state index contributed by atoms with van der Waals surface area (Å²) in [6.07, 6.45) is 4.40. The molecule has 0 amide bonds. The topological polar surface area (TPSA) is 58.6 Å². The number of aromatic nitrogens is 3. The van der Waals surface area contributed by atoms with Crippen LogP contribution in [0.5, 0.6) is 0 Å². The summed E-state index contributed by atoms with van der Waals surface area (Å²) in [7, 11) is 0. The molecule has 1 saturated carbocycles. The molecule has 0 spiro atoms. The van der Waals surface area contributed by atoms with Gasteiger partial charge in [0.2, 0.25) is 0 Å². The van der Waals surface area contributed by atoms with E-state index in [1.54, 1.807) is 12.3 Å². The zero-order chi connectivity index (χ0) is 18.3. The van der Waals surface area contributed by atoms with E-state index in [1.807, 2.05) is 6.92 Å². The predicted molar refractivity (Wildman–Crippen MR) is 95.2 cm³/mol. The minimum absolute atomic E-state index is 0.0670. The summed E-state index contributed by atoms with van der Waals surface area (Å²) >= 11 is 0. The molecule has 1 N–H and O–H groups in total. The van der Waals surface area contributed by atoms with E-state index in [4.69, 9.17) is 0 Å². The Hall–Kier alpha value is -2.63. The minimum Gasteiger partial charge on any atom is -0.305 e. The van der Waals surface area contributed by atoms with Crippen LogP contribution in [0, 0.1) is 18.6 Å². The van der Waals surface area contributed by atoms with Gasteiger partial charge in [0, 0.05) is 17.3 Å². The number of aryl methyl sites for hydroxylation is 1. The lowest BCUT2D eigenvalue weighted by Crippen LogP contribution is -2.21. The molecule has 6 heteroatoms. The summed E-state index contributed by atoms with van der Waals surface area (Å²) in [6.45, 7) is 1.82. The molecule has 4 nitrogen and oxygen atoms in total. The van der Waals surface area contributed by atoms with Crippen molar-refractivity contribution in [2.24, 2.45) is 0 Å². The summed E-state index contributed by atoms with van der Waals surface area (Å²) in [4.78, 5) is 23.9. The molecule has 0 radical (unpaired) electrons. The van der Waals surface area contributed by atoms with Crippen LogP contribution in [0.15, 0.2) is 35.3 Å². The first-order valence-corrected chi connectivity index (χ1v) is 8.83. The van der Waals surface area contributed by atoms with Crippen LogP contribution < -0.4 is 5.56 Å². The Kier molecular flexibility index (Phi) is 4.26. The fraction of sp³-hybridized carbons (Fsp3) is 0.350. The number of H-pyrrole nitrogens is 1. The first-order chi connectivity index (χ1) is 12.5. The molecule has 134 valence electrons. The molecule has 4 rings (SSSR count). The van der Waals surface area contributed by atoms with Crippen molar-refractivity contribution >= 4 is 11.2 Å². The molecule has 0 aliphatic heterocycles. The molecule has 1 aromatic carbocycles. The number of rotatable bonds is 2. The lowest BCUT2D eigenvalue weighted by atomic mass is 9.76. The van der Waals surface area contributed by atoms with E-state index in [0.29, 0.717) is 42.4 Å². The molecule has 3 aromatic rings. The van der Waals surface area contributed by atoms with Crippen molar-refractivity contribution in [3.05, 3.63) is 69.3 Å². The third-order valence-corrected chi connectivity index (χ3v) is 5.28. The van der Waals surface area contributed by atoms with Gasteiger partial charge in [-0.3, -0.25) is 9.78 Å². The van der Waals surface area contributed by atoms with E-state index in [2.05, 4.69) is 15.0 Å². The van der Waals surface area contributed by atoms with Gasteiger partial charge in [-0.1, -0.05) is 6.07 Å². The van der Waals surface area contributed by atoms with Gasteiger partial charge >= 0.3 is 0 Å². The summed E-state index contributed by atoms with van der Waals surface area (Å²) in [5.74, 6) is -1.04. The summed E-state index contributed by atoms with van der Waals surface area (Å²) in [6, 6.07) is 5.80. The molecule has 1 aliphatic rings. The standard InChI is InChI=1S/C20H19F2N3O/c1-11-10-23-17-9-14(20(26)25-19(17)24-11)12-5-7-13(8-6-12)18-15(21)3-2-4-16(18)22/h2-4,9-10,12-13H,5-8H2,1H3,(H,24,25,26). The summed E-state index contributed by atoms with van der Waals surface area (Å²) in [5.41, 5.74) is 2.60. The zero-order valence-electron chi connectivity index (χ0n) is 14.4. The van der Waals surface area contributed by atoms with Crippen LogP contribution in [0.25, 0.3) is 11.2 Å². The van der Waals surface area contributed by atoms with Crippen molar-refractivity contribution in [2.45, 2.75) is 44.4 Å². The van der Waals surface area contributed by atoms with Crippen LogP contribution in [0.3, 0.4) is 0 Å². The molecule has 2 aromatic heterocycles. The lowest BCUT2D eigenvalue weighted by Gasteiger charge is -2.29. The first-order valence-electron chi connectivity index (χ1n) is 8.83. The third kappa shape index (κ3) is 3.00. The van der Waals surface area contributed by atoms with Gasteiger partial charge in [0.05, 0.1) is 5.69 Å². The quantitative estimate of drug-likeness (QED) is 0.744. The predicted octanol–water partition coefficient (Wildman–Crippen LogP) is 4.35. The SMILES string of the molecule is Cc1cnc2cc(C3CCC(c4c(F)cccc4F)CC3)c(=O)[nH]c2n1. The third-order valence-electron chi connectivity index (χ3n) is 5.28. The Morgan fingerprint density at radius 2 is 1.73 bits per heavy atom. The van der Waals surface area contributed by atoms with E-state index in [9.17, 15) is 13.6 Å². The van der Waals surface area contributed by atoms with Gasteiger partial charge in [0.15, 0.2) is 5.65 Å². The van der Waals surface area contributed by atoms with Crippen molar-refractivity contribution in [1.82, 2.24) is 15.0 Å². The highest BCUT2D eigenvalue weighted by molar-refractivity contribution is 5.70. The largest absolute Gasteiger partial charge is 0.305 e. The molecule has 1 aliphatic carbocycles. The molecular formula is C20H19F2N3O. The average Bonchev–Trinajstić information content (AvgIpc) is 2.61. The number of nitrogens with zero attached hydrogens (tertiary/aromatic N) is 2. The highest BCUT2D eigenvalue weighted by Gasteiger charge is 2.28. The molecule has 0 unspecified atom stereocenters.